The highest BCUT2D eigenvalue weighted by atomic mass is 79.9. The van der Waals surface area contributed by atoms with Gasteiger partial charge in [0.1, 0.15) is 11.6 Å². The van der Waals surface area contributed by atoms with E-state index in [1.807, 2.05) is 12.1 Å². The zero-order chi connectivity index (χ0) is 12.0. The quantitative estimate of drug-likeness (QED) is 0.748. The minimum atomic E-state index is -0.164. The molecule has 2 aromatic rings. The van der Waals surface area contributed by atoms with Crippen molar-refractivity contribution in [3.63, 3.8) is 0 Å². The maximum absolute atomic E-state index is 12.0. The van der Waals surface area contributed by atoms with Gasteiger partial charge in [-0.25, -0.2) is 0 Å². The van der Waals surface area contributed by atoms with E-state index in [0.717, 1.165) is 28.2 Å². The van der Waals surface area contributed by atoms with E-state index in [1.165, 1.54) is 5.56 Å². The number of aryl methyl sites for hydroxylation is 2. The lowest BCUT2D eigenvalue weighted by atomic mass is 10.0. The Bertz CT molecular complexity index is 725. The highest BCUT2D eigenvalue weighted by Crippen LogP contribution is 2.28. The summed E-state index contributed by atoms with van der Waals surface area (Å²) in [5, 5.41) is 9.94. The zero-order valence-electron chi connectivity index (χ0n) is 9.03. The number of rotatable bonds is 0. The molecule has 1 aliphatic heterocycles. The first-order valence-electron chi connectivity index (χ1n) is 5.47. The fourth-order valence-corrected chi connectivity index (χ4v) is 3.02. The largest absolute Gasteiger partial charge is 0.307 e. The van der Waals surface area contributed by atoms with Crippen LogP contribution in [0.2, 0.25) is 0 Å². The van der Waals surface area contributed by atoms with Gasteiger partial charge in [-0.05, 0) is 36.6 Å². The maximum Gasteiger partial charge on any atom is 0.268 e. The maximum atomic E-state index is 12.0. The third kappa shape index (κ3) is 1.50. The number of benzene rings is 1. The van der Waals surface area contributed by atoms with Crippen molar-refractivity contribution in [3.05, 3.63) is 44.2 Å². The van der Waals surface area contributed by atoms with Crippen LogP contribution in [0.25, 0.3) is 10.9 Å². The van der Waals surface area contributed by atoms with E-state index in [-0.39, 0.29) is 11.1 Å². The summed E-state index contributed by atoms with van der Waals surface area (Å²) < 4.78 is 2.73. The first kappa shape index (κ1) is 10.5. The molecule has 0 atom stereocenters. The van der Waals surface area contributed by atoms with Crippen LogP contribution in [0.3, 0.4) is 0 Å². The van der Waals surface area contributed by atoms with Gasteiger partial charge >= 0.3 is 0 Å². The van der Waals surface area contributed by atoms with Crippen molar-refractivity contribution in [2.75, 3.05) is 0 Å². The van der Waals surface area contributed by atoms with Crippen molar-refractivity contribution < 1.29 is 0 Å². The highest BCUT2D eigenvalue weighted by molar-refractivity contribution is 9.10. The Labute approximate surface area is 106 Å². The summed E-state index contributed by atoms with van der Waals surface area (Å²) >= 11 is 3.47. The molecule has 0 fully saturated rings. The van der Waals surface area contributed by atoms with Crippen LogP contribution in [0, 0.1) is 11.3 Å². The SMILES string of the molecule is N#Cc1cc2cc(Br)cc3c2n(c1=O)CCC3. The second-order valence-corrected chi connectivity index (χ2v) is 5.15. The highest BCUT2D eigenvalue weighted by Gasteiger charge is 2.16. The first-order valence-corrected chi connectivity index (χ1v) is 6.26. The molecule has 0 radical (unpaired) electrons. The monoisotopic (exact) mass is 288 g/mol. The average Bonchev–Trinajstić information content (AvgIpc) is 2.33. The molecule has 0 bridgehead atoms. The number of halogens is 1. The molecular weight excluding hydrogens is 280 g/mol. The first-order chi connectivity index (χ1) is 8.20. The van der Waals surface area contributed by atoms with Gasteiger partial charge in [0, 0.05) is 16.4 Å². The molecule has 2 heterocycles. The van der Waals surface area contributed by atoms with E-state index in [9.17, 15) is 4.79 Å². The Morgan fingerprint density at radius 1 is 1.35 bits per heavy atom. The Balaban J connectivity index is 2.55. The Kier molecular flexibility index (Phi) is 2.30. The molecule has 0 amide bonds. The molecular formula is C13H9BrN2O. The van der Waals surface area contributed by atoms with Crippen LogP contribution in [0.1, 0.15) is 17.5 Å². The zero-order valence-corrected chi connectivity index (χ0v) is 10.6. The minimum Gasteiger partial charge on any atom is -0.307 e. The standard InChI is InChI=1S/C13H9BrN2O/c14-11-5-8-2-1-3-16-12(8)9(6-11)4-10(7-15)13(16)17/h4-6H,1-3H2. The molecule has 0 N–H and O–H groups in total. The molecule has 0 spiro atoms. The van der Waals surface area contributed by atoms with E-state index >= 15 is 0 Å². The lowest BCUT2D eigenvalue weighted by Gasteiger charge is -2.19. The molecule has 4 heteroatoms. The predicted octanol–water partition coefficient (Wildman–Crippen LogP) is 2.58. The van der Waals surface area contributed by atoms with Crippen LogP contribution < -0.4 is 5.56 Å². The summed E-state index contributed by atoms with van der Waals surface area (Å²) in [4.78, 5) is 12.0. The van der Waals surface area contributed by atoms with E-state index < -0.39 is 0 Å². The van der Waals surface area contributed by atoms with E-state index in [4.69, 9.17) is 5.26 Å². The molecule has 1 aromatic heterocycles. The Morgan fingerprint density at radius 2 is 2.18 bits per heavy atom. The second-order valence-electron chi connectivity index (χ2n) is 4.23. The number of pyridine rings is 1. The van der Waals surface area contributed by atoms with Crippen LogP contribution in [0.15, 0.2) is 27.5 Å². The fourth-order valence-electron chi connectivity index (χ4n) is 2.49. The molecule has 0 saturated carbocycles. The van der Waals surface area contributed by atoms with Crippen molar-refractivity contribution in [2.24, 2.45) is 0 Å². The Hall–Kier alpha value is -1.60. The van der Waals surface area contributed by atoms with E-state index in [0.29, 0.717) is 6.54 Å². The van der Waals surface area contributed by atoms with Gasteiger partial charge in [0.25, 0.3) is 5.56 Å². The number of hydrogen-bond donors (Lipinski definition) is 0. The topological polar surface area (TPSA) is 45.8 Å². The van der Waals surface area contributed by atoms with Crippen LogP contribution in [-0.4, -0.2) is 4.57 Å². The van der Waals surface area contributed by atoms with Gasteiger partial charge < -0.3 is 4.57 Å². The summed E-state index contributed by atoms with van der Waals surface area (Å²) in [6.07, 6.45) is 1.94. The predicted molar refractivity (Wildman–Crippen MR) is 68.9 cm³/mol. The molecule has 84 valence electrons. The third-order valence-electron chi connectivity index (χ3n) is 3.18. The average molecular weight is 289 g/mol. The van der Waals surface area contributed by atoms with Crippen molar-refractivity contribution in [3.8, 4) is 6.07 Å². The van der Waals surface area contributed by atoms with Crippen molar-refractivity contribution in [1.29, 1.82) is 5.26 Å². The third-order valence-corrected chi connectivity index (χ3v) is 3.63. The van der Waals surface area contributed by atoms with E-state index in [2.05, 4.69) is 22.0 Å². The van der Waals surface area contributed by atoms with E-state index in [1.54, 1.807) is 10.6 Å². The molecule has 1 aliphatic rings. The summed E-state index contributed by atoms with van der Waals surface area (Å²) in [5.41, 5.74) is 2.23. The summed E-state index contributed by atoms with van der Waals surface area (Å²) in [5.74, 6) is 0. The molecule has 17 heavy (non-hydrogen) atoms. The molecule has 0 unspecified atom stereocenters. The van der Waals surface area contributed by atoms with Crippen molar-refractivity contribution in [1.82, 2.24) is 4.57 Å². The number of aromatic nitrogens is 1. The molecule has 1 aromatic carbocycles. The molecule has 0 saturated heterocycles. The van der Waals surface area contributed by atoms with Crippen LogP contribution in [0.5, 0.6) is 0 Å². The summed E-state index contributed by atoms with van der Waals surface area (Å²) in [6.45, 7) is 0.708. The van der Waals surface area contributed by atoms with Crippen molar-refractivity contribution in [2.45, 2.75) is 19.4 Å². The van der Waals surface area contributed by atoms with Gasteiger partial charge in [-0.15, -0.1) is 0 Å². The van der Waals surface area contributed by atoms with Crippen LogP contribution >= 0.6 is 15.9 Å². The number of nitriles is 1. The number of nitrogens with zero attached hydrogens (tertiary/aromatic N) is 2. The second kappa shape index (κ2) is 3.71. The normalized spacial score (nSPS) is 13.6. The molecule has 3 rings (SSSR count). The van der Waals surface area contributed by atoms with Gasteiger partial charge in [-0.2, -0.15) is 5.26 Å². The minimum absolute atomic E-state index is 0.164. The fraction of sp³-hybridized carbons (Fsp3) is 0.231. The lowest BCUT2D eigenvalue weighted by molar-refractivity contribution is 0.615. The van der Waals surface area contributed by atoms with Gasteiger partial charge in [-0.3, -0.25) is 4.79 Å². The summed E-state index contributed by atoms with van der Waals surface area (Å²) in [7, 11) is 0. The van der Waals surface area contributed by atoms with Crippen LogP contribution in [-0.2, 0) is 13.0 Å². The van der Waals surface area contributed by atoms with Crippen LogP contribution in [0.4, 0.5) is 0 Å². The van der Waals surface area contributed by atoms with Gasteiger partial charge in [-0.1, -0.05) is 15.9 Å². The smallest absolute Gasteiger partial charge is 0.268 e. The summed E-state index contributed by atoms with van der Waals surface area (Å²) in [6, 6.07) is 7.68. The molecule has 0 aliphatic carbocycles. The van der Waals surface area contributed by atoms with Gasteiger partial charge in [0.05, 0.1) is 5.52 Å². The Morgan fingerprint density at radius 3 is 2.94 bits per heavy atom. The van der Waals surface area contributed by atoms with Gasteiger partial charge in [0.2, 0.25) is 0 Å². The number of hydrogen-bond acceptors (Lipinski definition) is 2. The lowest BCUT2D eigenvalue weighted by Crippen LogP contribution is -2.26. The molecule has 3 nitrogen and oxygen atoms in total. The van der Waals surface area contributed by atoms with Gasteiger partial charge in [0.15, 0.2) is 0 Å². The van der Waals surface area contributed by atoms with Crippen molar-refractivity contribution >= 4 is 26.8 Å².